The SMILES string of the molecule is COc1cc(C(O)C2=CCCO2)cc(OC)c1OC. The van der Waals surface area contributed by atoms with E-state index in [0.717, 1.165) is 6.42 Å². The van der Waals surface area contributed by atoms with E-state index in [4.69, 9.17) is 18.9 Å². The smallest absolute Gasteiger partial charge is 0.203 e. The first-order chi connectivity index (χ1) is 9.21. The van der Waals surface area contributed by atoms with Gasteiger partial charge in [0, 0.05) is 6.42 Å². The molecule has 0 saturated carbocycles. The minimum absolute atomic E-state index is 0.502. The molecule has 0 radical (unpaired) electrons. The van der Waals surface area contributed by atoms with E-state index < -0.39 is 6.10 Å². The lowest BCUT2D eigenvalue weighted by Gasteiger charge is -2.17. The van der Waals surface area contributed by atoms with E-state index in [-0.39, 0.29) is 0 Å². The number of ether oxygens (including phenoxy) is 4. The number of hydrogen-bond donors (Lipinski definition) is 1. The van der Waals surface area contributed by atoms with Gasteiger partial charge in [-0.05, 0) is 23.8 Å². The molecular formula is C14H18O5. The first-order valence-corrected chi connectivity index (χ1v) is 6.02. The number of rotatable bonds is 5. The van der Waals surface area contributed by atoms with E-state index in [0.29, 0.717) is 35.2 Å². The molecule has 1 heterocycles. The van der Waals surface area contributed by atoms with Crippen LogP contribution in [0.5, 0.6) is 17.2 Å². The Bertz CT molecular complexity index is 456. The number of aliphatic hydroxyl groups excluding tert-OH is 1. The van der Waals surface area contributed by atoms with Gasteiger partial charge in [0.05, 0.1) is 27.9 Å². The van der Waals surface area contributed by atoms with E-state index in [1.54, 1.807) is 33.5 Å². The van der Waals surface area contributed by atoms with Gasteiger partial charge in [0.2, 0.25) is 5.75 Å². The standard InChI is InChI=1S/C14H18O5/c1-16-11-7-9(8-12(17-2)14(11)18-3)13(15)10-5-4-6-19-10/h5,7-8,13,15H,4,6H2,1-3H3. The molecule has 0 aromatic heterocycles. The van der Waals surface area contributed by atoms with E-state index in [1.165, 1.54) is 0 Å². The molecular weight excluding hydrogens is 248 g/mol. The quantitative estimate of drug-likeness (QED) is 0.884. The molecule has 5 nitrogen and oxygen atoms in total. The zero-order valence-corrected chi connectivity index (χ0v) is 11.3. The van der Waals surface area contributed by atoms with Crippen molar-refractivity contribution in [3.8, 4) is 17.2 Å². The normalized spacial score (nSPS) is 15.5. The van der Waals surface area contributed by atoms with Crippen LogP contribution in [0.4, 0.5) is 0 Å². The lowest BCUT2D eigenvalue weighted by molar-refractivity contribution is 0.118. The third kappa shape index (κ3) is 2.61. The molecule has 0 fully saturated rings. The zero-order valence-electron chi connectivity index (χ0n) is 11.3. The second-order valence-electron chi connectivity index (χ2n) is 4.10. The van der Waals surface area contributed by atoms with Gasteiger partial charge in [-0.1, -0.05) is 0 Å². The molecule has 1 N–H and O–H groups in total. The molecule has 0 bridgehead atoms. The molecule has 0 amide bonds. The van der Waals surface area contributed by atoms with Crippen molar-refractivity contribution in [1.29, 1.82) is 0 Å². The molecule has 0 spiro atoms. The second-order valence-corrected chi connectivity index (χ2v) is 4.10. The maximum absolute atomic E-state index is 10.3. The van der Waals surface area contributed by atoms with Crippen molar-refractivity contribution in [3.05, 3.63) is 29.5 Å². The van der Waals surface area contributed by atoms with Gasteiger partial charge in [-0.2, -0.15) is 0 Å². The second kappa shape index (κ2) is 5.84. The van der Waals surface area contributed by atoms with E-state index in [9.17, 15) is 5.11 Å². The average Bonchev–Trinajstić information content (AvgIpc) is 2.98. The molecule has 5 heteroatoms. The lowest BCUT2D eigenvalue weighted by atomic mass is 10.1. The summed E-state index contributed by atoms with van der Waals surface area (Å²) in [6.45, 7) is 0.608. The van der Waals surface area contributed by atoms with Crippen molar-refractivity contribution in [3.63, 3.8) is 0 Å². The molecule has 0 saturated heterocycles. The third-order valence-corrected chi connectivity index (χ3v) is 3.00. The molecule has 19 heavy (non-hydrogen) atoms. The van der Waals surface area contributed by atoms with Crippen molar-refractivity contribution in [2.45, 2.75) is 12.5 Å². The Morgan fingerprint density at radius 3 is 2.16 bits per heavy atom. The number of hydrogen-bond acceptors (Lipinski definition) is 5. The summed E-state index contributed by atoms with van der Waals surface area (Å²) in [6, 6.07) is 3.43. The molecule has 1 aromatic carbocycles. The van der Waals surface area contributed by atoms with Gasteiger partial charge in [0.15, 0.2) is 11.5 Å². The van der Waals surface area contributed by atoms with Gasteiger partial charge >= 0.3 is 0 Å². The maximum atomic E-state index is 10.3. The Hall–Kier alpha value is -1.88. The van der Waals surface area contributed by atoms with Crippen molar-refractivity contribution in [1.82, 2.24) is 0 Å². The summed E-state index contributed by atoms with van der Waals surface area (Å²) in [7, 11) is 4.62. The Morgan fingerprint density at radius 1 is 1.11 bits per heavy atom. The first-order valence-electron chi connectivity index (χ1n) is 6.02. The van der Waals surface area contributed by atoms with Crippen molar-refractivity contribution in [2.75, 3.05) is 27.9 Å². The summed E-state index contributed by atoms with van der Waals surface area (Å²) in [5, 5.41) is 10.3. The summed E-state index contributed by atoms with van der Waals surface area (Å²) in [5.41, 5.74) is 0.641. The van der Waals surface area contributed by atoms with Crippen LogP contribution in [0, 0.1) is 0 Å². The number of aliphatic hydroxyl groups is 1. The highest BCUT2D eigenvalue weighted by atomic mass is 16.5. The fraction of sp³-hybridized carbons (Fsp3) is 0.429. The van der Waals surface area contributed by atoms with Crippen molar-refractivity contribution < 1.29 is 24.1 Å². The molecule has 2 rings (SSSR count). The molecule has 1 unspecified atom stereocenters. The number of methoxy groups -OCH3 is 3. The highest BCUT2D eigenvalue weighted by Crippen LogP contribution is 2.41. The largest absolute Gasteiger partial charge is 0.495 e. The molecule has 0 aliphatic carbocycles. The van der Waals surface area contributed by atoms with Gasteiger partial charge in [-0.3, -0.25) is 0 Å². The highest BCUT2D eigenvalue weighted by Gasteiger charge is 2.22. The van der Waals surface area contributed by atoms with Crippen LogP contribution in [0.25, 0.3) is 0 Å². The summed E-state index contributed by atoms with van der Waals surface area (Å²) >= 11 is 0. The van der Waals surface area contributed by atoms with Gasteiger partial charge in [0.25, 0.3) is 0 Å². The topological polar surface area (TPSA) is 57.2 Å². The maximum Gasteiger partial charge on any atom is 0.203 e. The van der Waals surface area contributed by atoms with Crippen LogP contribution in [0.3, 0.4) is 0 Å². The molecule has 104 valence electrons. The van der Waals surface area contributed by atoms with Gasteiger partial charge in [-0.25, -0.2) is 0 Å². The molecule has 1 aliphatic heterocycles. The van der Waals surface area contributed by atoms with Crippen LogP contribution in [0.2, 0.25) is 0 Å². The van der Waals surface area contributed by atoms with Crippen LogP contribution in [0.15, 0.2) is 24.0 Å². The van der Waals surface area contributed by atoms with Gasteiger partial charge < -0.3 is 24.1 Å². The van der Waals surface area contributed by atoms with Crippen LogP contribution >= 0.6 is 0 Å². The predicted octanol–water partition coefficient (Wildman–Crippen LogP) is 2.05. The first kappa shape index (κ1) is 13.5. The van der Waals surface area contributed by atoms with E-state index in [1.807, 2.05) is 6.08 Å². The Balaban J connectivity index is 2.40. The molecule has 1 aliphatic rings. The van der Waals surface area contributed by atoms with Gasteiger partial charge in [-0.15, -0.1) is 0 Å². The third-order valence-electron chi connectivity index (χ3n) is 3.00. The average molecular weight is 266 g/mol. The predicted molar refractivity (Wildman–Crippen MR) is 69.7 cm³/mol. The van der Waals surface area contributed by atoms with Crippen LogP contribution < -0.4 is 14.2 Å². The summed E-state index contributed by atoms with van der Waals surface area (Å²) < 4.78 is 21.1. The number of benzene rings is 1. The Labute approximate surface area is 112 Å². The van der Waals surface area contributed by atoms with Crippen LogP contribution in [-0.2, 0) is 4.74 Å². The summed E-state index contributed by atoms with van der Waals surface area (Å²) in [6.07, 6.45) is 1.88. The fourth-order valence-corrected chi connectivity index (χ4v) is 2.05. The fourth-order valence-electron chi connectivity index (χ4n) is 2.05. The molecule has 1 aromatic rings. The lowest BCUT2D eigenvalue weighted by Crippen LogP contribution is -2.04. The van der Waals surface area contributed by atoms with Crippen molar-refractivity contribution >= 4 is 0 Å². The monoisotopic (exact) mass is 266 g/mol. The van der Waals surface area contributed by atoms with E-state index >= 15 is 0 Å². The minimum atomic E-state index is -0.823. The van der Waals surface area contributed by atoms with Crippen LogP contribution in [0.1, 0.15) is 18.1 Å². The van der Waals surface area contributed by atoms with Gasteiger partial charge in [0.1, 0.15) is 11.9 Å². The highest BCUT2D eigenvalue weighted by molar-refractivity contribution is 5.54. The Kier molecular flexibility index (Phi) is 4.16. The summed E-state index contributed by atoms with van der Waals surface area (Å²) in [4.78, 5) is 0. The van der Waals surface area contributed by atoms with E-state index in [2.05, 4.69) is 0 Å². The van der Waals surface area contributed by atoms with Crippen molar-refractivity contribution in [2.24, 2.45) is 0 Å². The zero-order chi connectivity index (χ0) is 13.8. The Morgan fingerprint density at radius 2 is 1.74 bits per heavy atom. The summed E-state index contributed by atoms with van der Waals surface area (Å²) in [5.74, 6) is 2.08. The minimum Gasteiger partial charge on any atom is -0.495 e. The van der Waals surface area contributed by atoms with Crippen LogP contribution in [-0.4, -0.2) is 33.0 Å². The molecule has 1 atom stereocenters.